The largest absolute Gasteiger partial charge is 0.468 e. The molecule has 0 saturated carbocycles. The van der Waals surface area contributed by atoms with Crippen LogP contribution < -0.4 is 5.32 Å². The molecule has 1 aromatic rings. The Morgan fingerprint density at radius 2 is 1.91 bits per heavy atom. The number of hydrogen-bond acceptors (Lipinski definition) is 5. The molecular formula is C16H22N2O4. The minimum Gasteiger partial charge on any atom is -0.468 e. The van der Waals surface area contributed by atoms with Gasteiger partial charge >= 0.3 is 12.1 Å². The Morgan fingerprint density at radius 1 is 1.23 bits per heavy atom. The number of likely N-dealkylation sites (tertiary alicyclic amines) is 1. The lowest BCUT2D eigenvalue weighted by Crippen LogP contribution is -2.46. The van der Waals surface area contributed by atoms with Gasteiger partial charge in [-0.3, -0.25) is 4.79 Å². The number of methoxy groups -OCH3 is 1. The van der Waals surface area contributed by atoms with Gasteiger partial charge in [-0.05, 0) is 18.4 Å². The average molecular weight is 306 g/mol. The first-order chi connectivity index (χ1) is 10.7. The van der Waals surface area contributed by atoms with Crippen molar-refractivity contribution in [3.05, 3.63) is 35.9 Å². The molecule has 1 aliphatic rings. The summed E-state index contributed by atoms with van der Waals surface area (Å²) in [5.41, 5.74) is 0.977. The molecule has 0 aromatic heterocycles. The molecule has 22 heavy (non-hydrogen) atoms. The molecule has 1 saturated heterocycles. The van der Waals surface area contributed by atoms with Gasteiger partial charge in [0.1, 0.15) is 6.61 Å². The predicted molar refractivity (Wildman–Crippen MR) is 81.2 cm³/mol. The van der Waals surface area contributed by atoms with Crippen LogP contribution in [0.25, 0.3) is 0 Å². The molecule has 120 valence electrons. The second kappa shape index (κ2) is 8.38. The summed E-state index contributed by atoms with van der Waals surface area (Å²) in [4.78, 5) is 24.8. The van der Waals surface area contributed by atoms with Crippen LogP contribution in [-0.4, -0.2) is 49.7 Å². The van der Waals surface area contributed by atoms with Gasteiger partial charge in [0, 0.05) is 19.1 Å². The summed E-state index contributed by atoms with van der Waals surface area (Å²) in [7, 11) is 1.37. The van der Waals surface area contributed by atoms with Crippen LogP contribution in [0.5, 0.6) is 0 Å². The quantitative estimate of drug-likeness (QED) is 0.836. The minimum atomic E-state index is -0.282. The van der Waals surface area contributed by atoms with Crippen molar-refractivity contribution < 1.29 is 19.1 Å². The summed E-state index contributed by atoms with van der Waals surface area (Å²) < 4.78 is 9.90. The number of nitrogens with one attached hydrogen (secondary N) is 1. The lowest BCUT2D eigenvalue weighted by molar-refractivity contribution is -0.139. The van der Waals surface area contributed by atoms with Crippen molar-refractivity contribution in [2.45, 2.75) is 25.5 Å². The Labute approximate surface area is 130 Å². The summed E-state index contributed by atoms with van der Waals surface area (Å²) in [6.45, 7) is 1.76. The van der Waals surface area contributed by atoms with Gasteiger partial charge < -0.3 is 19.7 Å². The van der Waals surface area contributed by atoms with E-state index in [9.17, 15) is 9.59 Å². The number of ether oxygens (including phenoxy) is 2. The molecule has 0 aliphatic carbocycles. The summed E-state index contributed by atoms with van der Waals surface area (Å²) in [5, 5.41) is 3.14. The molecule has 6 heteroatoms. The van der Waals surface area contributed by atoms with Crippen molar-refractivity contribution in [2.24, 2.45) is 0 Å². The fourth-order valence-electron chi connectivity index (χ4n) is 2.38. The van der Waals surface area contributed by atoms with E-state index in [2.05, 4.69) is 10.1 Å². The first-order valence-electron chi connectivity index (χ1n) is 7.45. The first kappa shape index (κ1) is 16.3. The van der Waals surface area contributed by atoms with Gasteiger partial charge in [0.25, 0.3) is 0 Å². The predicted octanol–water partition coefficient (Wildman–Crippen LogP) is 1.55. The second-order valence-electron chi connectivity index (χ2n) is 5.26. The monoisotopic (exact) mass is 306 g/mol. The number of nitrogens with zero attached hydrogens (tertiary/aromatic N) is 1. The van der Waals surface area contributed by atoms with E-state index in [1.807, 2.05) is 30.3 Å². The summed E-state index contributed by atoms with van der Waals surface area (Å²) in [6, 6.07) is 9.85. The van der Waals surface area contributed by atoms with Gasteiger partial charge in [0.2, 0.25) is 0 Å². The Balaban J connectivity index is 1.67. The van der Waals surface area contributed by atoms with Crippen molar-refractivity contribution in [2.75, 3.05) is 26.7 Å². The third kappa shape index (κ3) is 5.04. The molecule has 1 aliphatic heterocycles. The number of carbonyl (C=O) groups excluding carboxylic acids is 2. The maximum absolute atomic E-state index is 12.0. The number of esters is 1. The van der Waals surface area contributed by atoms with E-state index in [4.69, 9.17) is 4.74 Å². The second-order valence-corrected chi connectivity index (χ2v) is 5.26. The summed E-state index contributed by atoms with van der Waals surface area (Å²) in [6.07, 6.45) is 1.32. The molecule has 0 unspecified atom stereocenters. The third-order valence-corrected chi connectivity index (χ3v) is 3.72. The molecule has 2 rings (SSSR count). The highest BCUT2D eigenvalue weighted by Crippen LogP contribution is 2.12. The van der Waals surface area contributed by atoms with E-state index in [-0.39, 0.29) is 24.6 Å². The van der Waals surface area contributed by atoms with Gasteiger partial charge in [-0.25, -0.2) is 4.79 Å². The van der Waals surface area contributed by atoms with Gasteiger partial charge in [0.15, 0.2) is 0 Å². The lowest BCUT2D eigenvalue weighted by atomic mass is 10.1. The van der Waals surface area contributed by atoms with Crippen LogP contribution >= 0.6 is 0 Å². The molecule has 0 radical (unpaired) electrons. The van der Waals surface area contributed by atoms with Gasteiger partial charge in [-0.2, -0.15) is 0 Å². The molecule has 0 atom stereocenters. The van der Waals surface area contributed by atoms with E-state index in [1.54, 1.807) is 4.90 Å². The smallest absolute Gasteiger partial charge is 0.410 e. The Morgan fingerprint density at radius 3 is 2.55 bits per heavy atom. The van der Waals surface area contributed by atoms with Crippen molar-refractivity contribution in [1.82, 2.24) is 10.2 Å². The Kier molecular flexibility index (Phi) is 6.21. The van der Waals surface area contributed by atoms with Crippen LogP contribution in [0.2, 0.25) is 0 Å². The van der Waals surface area contributed by atoms with Crippen LogP contribution in [0.15, 0.2) is 30.3 Å². The molecule has 1 N–H and O–H groups in total. The van der Waals surface area contributed by atoms with E-state index >= 15 is 0 Å². The standard InChI is InChI=1S/C16H22N2O4/c1-21-15(19)11-17-14-7-9-18(10-8-14)16(20)22-12-13-5-3-2-4-6-13/h2-6,14,17H,7-12H2,1H3. The fraction of sp³-hybridized carbons (Fsp3) is 0.500. The number of carbonyl (C=O) groups is 2. The highest BCUT2D eigenvalue weighted by atomic mass is 16.6. The van der Waals surface area contributed by atoms with Crippen molar-refractivity contribution >= 4 is 12.1 Å². The molecular weight excluding hydrogens is 284 g/mol. The molecule has 1 amide bonds. The molecule has 0 spiro atoms. The van der Waals surface area contributed by atoms with Crippen molar-refractivity contribution in [3.8, 4) is 0 Å². The minimum absolute atomic E-state index is 0.208. The normalized spacial score (nSPS) is 15.4. The van der Waals surface area contributed by atoms with E-state index < -0.39 is 0 Å². The molecule has 1 fully saturated rings. The van der Waals surface area contributed by atoms with Crippen LogP contribution in [0.1, 0.15) is 18.4 Å². The van der Waals surface area contributed by atoms with Crippen LogP contribution in [0, 0.1) is 0 Å². The maximum atomic E-state index is 12.0. The lowest BCUT2D eigenvalue weighted by Gasteiger charge is -2.31. The highest BCUT2D eigenvalue weighted by Gasteiger charge is 2.23. The summed E-state index contributed by atoms with van der Waals surface area (Å²) >= 11 is 0. The van der Waals surface area contributed by atoms with Gasteiger partial charge in [0.05, 0.1) is 13.7 Å². The SMILES string of the molecule is COC(=O)CNC1CCN(C(=O)OCc2ccccc2)CC1. The number of piperidine rings is 1. The van der Waals surface area contributed by atoms with Gasteiger partial charge in [-0.1, -0.05) is 30.3 Å². The summed E-state index contributed by atoms with van der Waals surface area (Å²) in [5.74, 6) is -0.273. The average Bonchev–Trinajstić information content (AvgIpc) is 2.59. The number of hydrogen-bond donors (Lipinski definition) is 1. The van der Waals surface area contributed by atoms with Crippen molar-refractivity contribution in [3.63, 3.8) is 0 Å². The van der Waals surface area contributed by atoms with Gasteiger partial charge in [-0.15, -0.1) is 0 Å². The molecule has 0 bridgehead atoms. The first-order valence-corrected chi connectivity index (χ1v) is 7.45. The highest BCUT2D eigenvalue weighted by molar-refractivity contribution is 5.71. The van der Waals surface area contributed by atoms with Crippen LogP contribution in [0.4, 0.5) is 4.79 Å². The number of rotatable bonds is 5. The van der Waals surface area contributed by atoms with E-state index in [0.717, 1.165) is 18.4 Å². The zero-order chi connectivity index (χ0) is 15.8. The number of benzene rings is 1. The molecule has 1 aromatic carbocycles. The third-order valence-electron chi connectivity index (χ3n) is 3.72. The molecule has 6 nitrogen and oxygen atoms in total. The topological polar surface area (TPSA) is 67.9 Å². The van der Waals surface area contributed by atoms with E-state index in [0.29, 0.717) is 19.7 Å². The van der Waals surface area contributed by atoms with Crippen LogP contribution in [-0.2, 0) is 20.9 Å². The zero-order valence-corrected chi connectivity index (χ0v) is 12.8. The molecule has 1 heterocycles. The number of amides is 1. The van der Waals surface area contributed by atoms with E-state index in [1.165, 1.54) is 7.11 Å². The fourth-order valence-corrected chi connectivity index (χ4v) is 2.38. The van der Waals surface area contributed by atoms with Crippen LogP contribution in [0.3, 0.4) is 0 Å². The Bertz CT molecular complexity index is 484. The van der Waals surface area contributed by atoms with Crippen molar-refractivity contribution in [1.29, 1.82) is 0 Å². The zero-order valence-electron chi connectivity index (χ0n) is 12.8. The Hall–Kier alpha value is -2.08. The maximum Gasteiger partial charge on any atom is 0.410 e.